The zero-order valence-electron chi connectivity index (χ0n) is 11.7. The summed E-state index contributed by atoms with van der Waals surface area (Å²) in [6.07, 6.45) is 0. The maximum absolute atomic E-state index is 12.2. The lowest BCUT2D eigenvalue weighted by Gasteiger charge is -2.23. The van der Waals surface area contributed by atoms with Gasteiger partial charge in [-0.3, -0.25) is 4.79 Å². The molecule has 1 amide bonds. The lowest BCUT2D eigenvalue weighted by atomic mass is 10.1. The molecule has 21 heavy (non-hydrogen) atoms. The molecule has 0 fully saturated rings. The maximum atomic E-state index is 12.2. The molecule has 1 aromatic rings. The molecular formula is C12H16BrClN2O4S. The van der Waals surface area contributed by atoms with Crippen LogP contribution in [0.15, 0.2) is 21.5 Å². The number of primary sulfonamides is 1. The third-order valence-corrected chi connectivity index (χ3v) is 4.96. The van der Waals surface area contributed by atoms with Crippen LogP contribution in [0.5, 0.6) is 0 Å². The van der Waals surface area contributed by atoms with Gasteiger partial charge in [0.15, 0.2) is 0 Å². The Morgan fingerprint density at radius 2 is 2.05 bits per heavy atom. The lowest BCUT2D eigenvalue weighted by Crippen LogP contribution is -2.39. The summed E-state index contributed by atoms with van der Waals surface area (Å²) in [5.41, 5.74) is -0.543. The van der Waals surface area contributed by atoms with Gasteiger partial charge in [0, 0.05) is 18.1 Å². The smallest absolute Gasteiger partial charge is 0.252 e. The minimum Gasteiger partial charge on any atom is -0.377 e. The summed E-state index contributed by atoms with van der Waals surface area (Å²) < 4.78 is 28.2. The summed E-state index contributed by atoms with van der Waals surface area (Å²) in [6, 6.07) is 2.38. The first-order valence-corrected chi connectivity index (χ1v) is 8.55. The number of methoxy groups -OCH3 is 1. The standard InChI is InChI=1S/C12H16BrClN2O4S/c1-12(2,20-3)6-16-11(17)8-4-7(21(15,18)19)5-9(13)10(8)14/h4-5H,6H2,1-3H3,(H,16,17)(H2,15,18,19). The van der Waals surface area contributed by atoms with E-state index in [2.05, 4.69) is 21.2 Å². The Morgan fingerprint density at radius 3 is 2.52 bits per heavy atom. The number of sulfonamides is 1. The van der Waals surface area contributed by atoms with Crippen molar-refractivity contribution in [3.63, 3.8) is 0 Å². The molecule has 1 aromatic carbocycles. The highest BCUT2D eigenvalue weighted by atomic mass is 79.9. The van der Waals surface area contributed by atoms with E-state index in [0.717, 1.165) is 6.07 Å². The second-order valence-corrected chi connectivity index (χ2v) is 7.75. The number of hydrogen-bond acceptors (Lipinski definition) is 4. The van der Waals surface area contributed by atoms with Crippen LogP contribution in [0, 0.1) is 0 Å². The molecule has 6 nitrogen and oxygen atoms in total. The molecule has 1 rings (SSSR count). The Morgan fingerprint density at radius 1 is 1.48 bits per heavy atom. The van der Waals surface area contributed by atoms with Crippen LogP contribution in [-0.2, 0) is 14.8 Å². The van der Waals surface area contributed by atoms with Crippen molar-refractivity contribution in [2.24, 2.45) is 5.14 Å². The van der Waals surface area contributed by atoms with Crippen LogP contribution in [-0.4, -0.2) is 33.6 Å². The number of nitrogens with one attached hydrogen (secondary N) is 1. The molecule has 0 heterocycles. The minimum absolute atomic E-state index is 0.0157. The predicted octanol–water partition coefficient (Wildman–Crippen LogP) is 1.90. The Bertz CT molecular complexity index is 661. The molecule has 0 aliphatic carbocycles. The highest BCUT2D eigenvalue weighted by Gasteiger charge is 2.22. The number of ether oxygens (including phenoxy) is 1. The monoisotopic (exact) mass is 398 g/mol. The van der Waals surface area contributed by atoms with Gasteiger partial charge in [-0.2, -0.15) is 0 Å². The number of halogens is 2. The fourth-order valence-corrected chi connectivity index (χ4v) is 2.73. The molecule has 0 saturated carbocycles. The van der Waals surface area contributed by atoms with Crippen molar-refractivity contribution in [3.05, 3.63) is 27.2 Å². The predicted molar refractivity (Wildman–Crippen MR) is 83.9 cm³/mol. The van der Waals surface area contributed by atoms with Gasteiger partial charge in [0.05, 0.1) is 21.1 Å². The third kappa shape index (κ3) is 4.93. The molecule has 0 bridgehead atoms. The van der Waals surface area contributed by atoms with Gasteiger partial charge in [-0.15, -0.1) is 0 Å². The van der Waals surface area contributed by atoms with Crippen molar-refractivity contribution in [3.8, 4) is 0 Å². The summed E-state index contributed by atoms with van der Waals surface area (Å²) in [5, 5.41) is 7.80. The molecule has 0 radical (unpaired) electrons. The topological polar surface area (TPSA) is 98.5 Å². The zero-order valence-corrected chi connectivity index (χ0v) is 14.9. The molecular weight excluding hydrogens is 384 g/mol. The second kappa shape index (κ2) is 6.62. The highest BCUT2D eigenvalue weighted by Crippen LogP contribution is 2.29. The number of benzene rings is 1. The van der Waals surface area contributed by atoms with Crippen molar-refractivity contribution in [2.45, 2.75) is 24.3 Å². The van der Waals surface area contributed by atoms with E-state index < -0.39 is 21.5 Å². The van der Waals surface area contributed by atoms with Gasteiger partial charge in [-0.05, 0) is 41.9 Å². The Hall–Kier alpha value is -0.670. The summed E-state index contributed by atoms with van der Waals surface area (Å²) in [6.45, 7) is 3.83. The Balaban J connectivity index is 3.13. The SMILES string of the molecule is COC(C)(C)CNC(=O)c1cc(S(N)(=O)=O)cc(Br)c1Cl. The number of rotatable bonds is 5. The lowest BCUT2D eigenvalue weighted by molar-refractivity contribution is 0.0228. The van der Waals surface area contributed by atoms with Gasteiger partial charge in [0.2, 0.25) is 10.0 Å². The molecule has 118 valence electrons. The summed E-state index contributed by atoms with van der Waals surface area (Å²) in [5.74, 6) is -0.517. The van der Waals surface area contributed by atoms with Gasteiger partial charge in [0.25, 0.3) is 5.91 Å². The molecule has 0 aliphatic rings. The fraction of sp³-hybridized carbons (Fsp3) is 0.417. The van der Waals surface area contributed by atoms with E-state index >= 15 is 0 Å². The number of hydrogen-bond donors (Lipinski definition) is 2. The fourth-order valence-electron chi connectivity index (χ4n) is 1.35. The van der Waals surface area contributed by atoms with Crippen LogP contribution in [0.3, 0.4) is 0 Å². The van der Waals surface area contributed by atoms with Crippen LogP contribution in [0.2, 0.25) is 5.02 Å². The van der Waals surface area contributed by atoms with Crippen molar-refractivity contribution in [1.82, 2.24) is 5.32 Å². The molecule has 0 spiro atoms. The van der Waals surface area contributed by atoms with Gasteiger partial charge in [-0.25, -0.2) is 13.6 Å². The first-order valence-electron chi connectivity index (χ1n) is 5.83. The molecule has 3 N–H and O–H groups in total. The molecule has 0 atom stereocenters. The number of amides is 1. The van der Waals surface area contributed by atoms with Crippen LogP contribution in [0.4, 0.5) is 0 Å². The van der Waals surface area contributed by atoms with E-state index in [0.29, 0.717) is 0 Å². The van der Waals surface area contributed by atoms with Gasteiger partial charge in [0.1, 0.15) is 0 Å². The first-order chi connectivity index (χ1) is 9.48. The normalized spacial score (nSPS) is 12.3. The minimum atomic E-state index is -3.94. The number of carbonyl (C=O) groups excluding carboxylic acids is 1. The van der Waals surface area contributed by atoms with Crippen LogP contribution < -0.4 is 10.5 Å². The van der Waals surface area contributed by atoms with E-state index in [1.54, 1.807) is 13.8 Å². The van der Waals surface area contributed by atoms with Gasteiger partial charge >= 0.3 is 0 Å². The first kappa shape index (κ1) is 18.4. The third-order valence-electron chi connectivity index (χ3n) is 2.80. The quantitative estimate of drug-likeness (QED) is 0.790. The Kier molecular flexibility index (Phi) is 5.79. The van der Waals surface area contributed by atoms with E-state index in [1.165, 1.54) is 13.2 Å². The summed E-state index contributed by atoms with van der Waals surface area (Å²) in [4.78, 5) is 12.0. The maximum Gasteiger partial charge on any atom is 0.252 e. The number of nitrogens with two attached hydrogens (primary N) is 1. The highest BCUT2D eigenvalue weighted by molar-refractivity contribution is 9.10. The van der Waals surface area contributed by atoms with Crippen LogP contribution >= 0.6 is 27.5 Å². The number of carbonyl (C=O) groups is 1. The summed E-state index contributed by atoms with van der Waals surface area (Å²) in [7, 11) is -2.41. The average Bonchev–Trinajstić information content (AvgIpc) is 2.38. The van der Waals surface area contributed by atoms with Crippen molar-refractivity contribution in [1.29, 1.82) is 0 Å². The molecule has 9 heteroatoms. The van der Waals surface area contributed by atoms with E-state index in [1.807, 2.05) is 0 Å². The van der Waals surface area contributed by atoms with E-state index in [-0.39, 0.29) is 26.5 Å². The molecule has 0 aromatic heterocycles. The average molecular weight is 400 g/mol. The van der Waals surface area contributed by atoms with Crippen molar-refractivity contribution >= 4 is 43.5 Å². The molecule has 0 unspecified atom stereocenters. The van der Waals surface area contributed by atoms with Crippen LogP contribution in [0.1, 0.15) is 24.2 Å². The van der Waals surface area contributed by atoms with Crippen molar-refractivity contribution < 1.29 is 17.9 Å². The zero-order chi connectivity index (χ0) is 16.4. The largest absolute Gasteiger partial charge is 0.377 e. The van der Waals surface area contributed by atoms with Crippen LogP contribution in [0.25, 0.3) is 0 Å². The van der Waals surface area contributed by atoms with Crippen molar-refractivity contribution in [2.75, 3.05) is 13.7 Å². The van der Waals surface area contributed by atoms with E-state index in [9.17, 15) is 13.2 Å². The van der Waals surface area contributed by atoms with Gasteiger partial charge in [-0.1, -0.05) is 11.6 Å². The van der Waals surface area contributed by atoms with Gasteiger partial charge < -0.3 is 10.1 Å². The molecule has 0 aliphatic heterocycles. The van der Waals surface area contributed by atoms with E-state index in [4.69, 9.17) is 21.5 Å². The summed E-state index contributed by atoms with van der Waals surface area (Å²) >= 11 is 9.12. The molecule has 0 saturated heterocycles. The Labute approximate surface area is 137 Å². The second-order valence-electron chi connectivity index (χ2n) is 4.96.